The third-order valence-electron chi connectivity index (χ3n) is 5.99. The highest BCUT2D eigenvalue weighted by Crippen LogP contribution is 2.46. The van der Waals surface area contributed by atoms with Gasteiger partial charge in [-0.3, -0.25) is 4.79 Å². The number of phenols is 1. The maximum atomic E-state index is 12.7. The zero-order valence-electron chi connectivity index (χ0n) is 15.0. The number of fused-ring (bicyclic) bond motifs is 1. The molecule has 1 aromatic carbocycles. The molecule has 0 aliphatic heterocycles. The second kappa shape index (κ2) is 6.63. The molecule has 2 fully saturated rings. The maximum absolute atomic E-state index is 12.7. The Labute approximate surface area is 144 Å². The van der Waals surface area contributed by atoms with Crippen molar-refractivity contribution in [2.45, 2.75) is 37.8 Å². The number of carbonyl (C=O) groups is 1. The minimum absolute atomic E-state index is 0.00821. The van der Waals surface area contributed by atoms with Gasteiger partial charge in [0.15, 0.2) is 11.5 Å². The molecule has 1 amide bonds. The van der Waals surface area contributed by atoms with Crippen LogP contribution in [0.1, 0.15) is 36.0 Å². The molecular weight excluding hydrogens is 304 g/mol. The molecular formula is C19H28N2O3. The number of methoxy groups -OCH3 is 1. The Morgan fingerprint density at radius 3 is 2.17 bits per heavy atom. The highest BCUT2D eigenvalue weighted by molar-refractivity contribution is 5.95. The molecule has 5 nitrogen and oxygen atoms in total. The maximum Gasteiger partial charge on any atom is 0.253 e. The molecule has 2 aliphatic carbocycles. The summed E-state index contributed by atoms with van der Waals surface area (Å²) < 4.78 is 5.04. The normalized spacial score (nSPS) is 28.9. The van der Waals surface area contributed by atoms with Crippen LogP contribution in [0.3, 0.4) is 0 Å². The molecule has 2 unspecified atom stereocenters. The minimum Gasteiger partial charge on any atom is -0.504 e. The van der Waals surface area contributed by atoms with E-state index in [9.17, 15) is 9.90 Å². The molecule has 0 heterocycles. The van der Waals surface area contributed by atoms with Gasteiger partial charge in [0.2, 0.25) is 0 Å². The Hall–Kier alpha value is -1.75. The predicted octanol–water partition coefficient (Wildman–Crippen LogP) is 2.59. The number of benzene rings is 1. The highest BCUT2D eigenvalue weighted by atomic mass is 16.5. The van der Waals surface area contributed by atoms with E-state index in [1.165, 1.54) is 26.0 Å². The molecule has 132 valence electrons. The van der Waals surface area contributed by atoms with E-state index in [0.717, 1.165) is 24.7 Å². The molecule has 1 aromatic rings. The van der Waals surface area contributed by atoms with Crippen LogP contribution in [-0.4, -0.2) is 61.2 Å². The van der Waals surface area contributed by atoms with Crippen molar-refractivity contribution < 1.29 is 14.6 Å². The van der Waals surface area contributed by atoms with Gasteiger partial charge >= 0.3 is 0 Å². The first-order chi connectivity index (χ1) is 11.4. The number of carbonyl (C=O) groups excluding carboxylic acids is 1. The Bertz CT molecular complexity index is 603. The number of ether oxygens (including phenoxy) is 1. The van der Waals surface area contributed by atoms with Crippen LogP contribution in [0.5, 0.6) is 11.5 Å². The van der Waals surface area contributed by atoms with E-state index in [0.29, 0.717) is 23.4 Å². The summed E-state index contributed by atoms with van der Waals surface area (Å²) in [5.74, 6) is 1.85. The molecule has 0 saturated heterocycles. The smallest absolute Gasteiger partial charge is 0.253 e. The van der Waals surface area contributed by atoms with Crippen LogP contribution in [-0.2, 0) is 0 Å². The van der Waals surface area contributed by atoms with Crippen molar-refractivity contribution in [3.05, 3.63) is 23.8 Å². The van der Waals surface area contributed by atoms with Gasteiger partial charge in [-0.25, -0.2) is 0 Å². The highest BCUT2D eigenvalue weighted by Gasteiger charge is 2.44. The van der Waals surface area contributed by atoms with E-state index in [1.54, 1.807) is 12.1 Å². The molecule has 5 heteroatoms. The van der Waals surface area contributed by atoms with Crippen LogP contribution in [0.25, 0.3) is 0 Å². The van der Waals surface area contributed by atoms with E-state index in [4.69, 9.17) is 4.74 Å². The molecule has 0 aromatic heterocycles. The standard InChI is InChI=1S/C19H28N2O3/c1-20(2)15-7-13-9-16(10-14(13)8-15)21(3)19(23)12-5-6-18(24-4)17(22)11-12/h5-6,11,13-16,22H,7-10H2,1-4H3/t13-,14+,15?,16?. The predicted molar refractivity (Wildman–Crippen MR) is 93.5 cm³/mol. The quantitative estimate of drug-likeness (QED) is 0.921. The molecule has 3 rings (SSSR count). The zero-order valence-corrected chi connectivity index (χ0v) is 15.0. The Balaban J connectivity index is 1.65. The van der Waals surface area contributed by atoms with Gasteiger partial charge in [0.25, 0.3) is 5.91 Å². The average molecular weight is 332 g/mol. The average Bonchev–Trinajstić information content (AvgIpc) is 3.12. The summed E-state index contributed by atoms with van der Waals surface area (Å²) in [7, 11) is 7.71. The zero-order chi connectivity index (χ0) is 17.4. The topological polar surface area (TPSA) is 53.0 Å². The number of aromatic hydroxyl groups is 1. The second-order valence-electron chi connectivity index (χ2n) is 7.54. The molecule has 24 heavy (non-hydrogen) atoms. The largest absolute Gasteiger partial charge is 0.504 e. The first kappa shape index (κ1) is 17.1. The minimum atomic E-state index is -0.0258. The van der Waals surface area contributed by atoms with E-state index in [1.807, 2.05) is 11.9 Å². The van der Waals surface area contributed by atoms with Crippen molar-refractivity contribution in [2.75, 3.05) is 28.3 Å². The van der Waals surface area contributed by atoms with Gasteiger partial charge < -0.3 is 19.6 Å². The van der Waals surface area contributed by atoms with Crippen molar-refractivity contribution in [1.29, 1.82) is 0 Å². The Morgan fingerprint density at radius 2 is 1.67 bits per heavy atom. The van der Waals surface area contributed by atoms with Gasteiger partial charge in [0.1, 0.15) is 0 Å². The summed E-state index contributed by atoms with van der Waals surface area (Å²) in [5, 5.41) is 9.90. The van der Waals surface area contributed by atoms with Crippen molar-refractivity contribution in [3.8, 4) is 11.5 Å². The molecule has 2 saturated carbocycles. The van der Waals surface area contributed by atoms with Crippen LogP contribution < -0.4 is 4.74 Å². The summed E-state index contributed by atoms with van der Waals surface area (Å²) in [4.78, 5) is 16.9. The Morgan fingerprint density at radius 1 is 1.08 bits per heavy atom. The van der Waals surface area contributed by atoms with Gasteiger partial charge in [0, 0.05) is 24.7 Å². The lowest BCUT2D eigenvalue weighted by atomic mass is 10.0. The van der Waals surface area contributed by atoms with Gasteiger partial charge in [-0.05, 0) is 69.8 Å². The summed E-state index contributed by atoms with van der Waals surface area (Å²) in [5.41, 5.74) is 0.513. The number of hydrogen-bond acceptors (Lipinski definition) is 4. The molecule has 0 radical (unpaired) electrons. The summed E-state index contributed by atoms with van der Waals surface area (Å²) in [6, 6.07) is 5.85. The van der Waals surface area contributed by atoms with Crippen LogP contribution >= 0.6 is 0 Å². The summed E-state index contributed by atoms with van der Waals surface area (Å²) in [6.07, 6.45) is 4.69. The third-order valence-corrected chi connectivity index (χ3v) is 5.99. The number of hydrogen-bond donors (Lipinski definition) is 1. The number of phenolic OH excluding ortho intramolecular Hbond substituents is 1. The lowest BCUT2D eigenvalue weighted by Crippen LogP contribution is -2.36. The van der Waals surface area contributed by atoms with Crippen molar-refractivity contribution >= 4 is 5.91 Å². The van der Waals surface area contributed by atoms with E-state index in [2.05, 4.69) is 19.0 Å². The van der Waals surface area contributed by atoms with Crippen LogP contribution in [0.2, 0.25) is 0 Å². The van der Waals surface area contributed by atoms with Gasteiger partial charge in [-0.1, -0.05) is 0 Å². The van der Waals surface area contributed by atoms with Gasteiger partial charge in [-0.15, -0.1) is 0 Å². The lowest BCUT2D eigenvalue weighted by Gasteiger charge is -2.27. The van der Waals surface area contributed by atoms with E-state index in [-0.39, 0.29) is 11.7 Å². The number of rotatable bonds is 4. The molecule has 0 bridgehead atoms. The summed E-state index contributed by atoms with van der Waals surface area (Å²) in [6.45, 7) is 0. The molecule has 1 N–H and O–H groups in total. The monoisotopic (exact) mass is 332 g/mol. The first-order valence-electron chi connectivity index (χ1n) is 8.71. The van der Waals surface area contributed by atoms with Gasteiger partial charge in [0.05, 0.1) is 7.11 Å². The van der Waals surface area contributed by atoms with Crippen LogP contribution in [0.4, 0.5) is 0 Å². The van der Waals surface area contributed by atoms with Crippen LogP contribution in [0, 0.1) is 11.8 Å². The number of amides is 1. The second-order valence-corrected chi connectivity index (χ2v) is 7.54. The van der Waals surface area contributed by atoms with E-state index >= 15 is 0 Å². The van der Waals surface area contributed by atoms with Gasteiger partial charge in [-0.2, -0.15) is 0 Å². The summed E-state index contributed by atoms with van der Waals surface area (Å²) >= 11 is 0. The van der Waals surface area contributed by atoms with Crippen molar-refractivity contribution in [2.24, 2.45) is 11.8 Å². The van der Waals surface area contributed by atoms with Crippen molar-refractivity contribution in [3.63, 3.8) is 0 Å². The SMILES string of the molecule is COc1ccc(C(=O)N(C)C2C[C@H]3CC(N(C)C)C[C@H]3C2)cc1O. The third kappa shape index (κ3) is 3.09. The fraction of sp³-hybridized carbons (Fsp3) is 0.632. The van der Waals surface area contributed by atoms with Crippen LogP contribution in [0.15, 0.2) is 18.2 Å². The molecule has 0 spiro atoms. The molecule has 4 atom stereocenters. The lowest BCUT2D eigenvalue weighted by molar-refractivity contribution is 0.0725. The van der Waals surface area contributed by atoms with Crippen molar-refractivity contribution in [1.82, 2.24) is 9.80 Å². The fourth-order valence-corrected chi connectivity index (χ4v) is 4.48. The number of nitrogens with zero attached hydrogens (tertiary/aromatic N) is 2. The van der Waals surface area contributed by atoms with E-state index < -0.39 is 0 Å². The fourth-order valence-electron chi connectivity index (χ4n) is 4.48. The molecule has 2 aliphatic rings. The Kier molecular flexibility index (Phi) is 4.72. The first-order valence-corrected chi connectivity index (χ1v) is 8.71.